The lowest BCUT2D eigenvalue weighted by atomic mass is 10.0. The first-order valence-electron chi connectivity index (χ1n) is 6.38. The van der Waals surface area contributed by atoms with E-state index in [1.807, 2.05) is 6.92 Å². The van der Waals surface area contributed by atoms with E-state index in [9.17, 15) is 15.0 Å². The molecule has 4 heteroatoms. The first-order chi connectivity index (χ1) is 9.60. The maximum atomic E-state index is 11.0. The van der Waals surface area contributed by atoms with E-state index in [0.717, 1.165) is 12.7 Å². The van der Waals surface area contributed by atoms with E-state index in [2.05, 4.69) is 0 Å². The molecule has 0 saturated carbocycles. The number of hydrogen-bond acceptors (Lipinski definition) is 3. The van der Waals surface area contributed by atoms with Gasteiger partial charge in [0.05, 0.1) is 5.02 Å². The van der Waals surface area contributed by atoms with Gasteiger partial charge in [-0.15, -0.1) is 0 Å². The number of carbonyl (C=O) groups excluding carboxylic acids is 1. The van der Waals surface area contributed by atoms with E-state index in [0.29, 0.717) is 22.8 Å². The second-order valence-corrected chi connectivity index (χ2v) is 4.94. The van der Waals surface area contributed by atoms with Crippen molar-refractivity contribution in [2.45, 2.75) is 19.8 Å². The van der Waals surface area contributed by atoms with Crippen molar-refractivity contribution >= 4 is 34.7 Å². The number of carbonyl (C=O) groups is 1. The molecule has 0 unspecified atom stereocenters. The van der Waals surface area contributed by atoms with Crippen LogP contribution in [0.15, 0.2) is 29.8 Å². The Morgan fingerprint density at radius 1 is 1.20 bits per heavy atom. The summed E-state index contributed by atoms with van der Waals surface area (Å²) in [4.78, 5) is 11.0. The van der Waals surface area contributed by atoms with Crippen LogP contribution in [0.25, 0.3) is 16.8 Å². The second kappa shape index (κ2) is 5.97. The quantitative estimate of drug-likeness (QED) is 0.502. The van der Waals surface area contributed by atoms with Crippen molar-refractivity contribution in [3.05, 3.63) is 40.4 Å². The largest absolute Gasteiger partial charge is 0.507 e. The van der Waals surface area contributed by atoms with Crippen LogP contribution < -0.4 is 0 Å². The molecule has 2 N–H and O–H groups in total. The summed E-state index contributed by atoms with van der Waals surface area (Å²) in [5.41, 5.74) is 0.804. The van der Waals surface area contributed by atoms with Crippen LogP contribution in [0.1, 0.15) is 25.3 Å². The van der Waals surface area contributed by atoms with Crippen LogP contribution in [0.3, 0.4) is 0 Å². The Morgan fingerprint density at radius 3 is 2.35 bits per heavy atom. The Kier molecular flexibility index (Phi) is 4.30. The van der Waals surface area contributed by atoms with E-state index in [1.54, 1.807) is 24.3 Å². The predicted molar refractivity (Wildman–Crippen MR) is 81.2 cm³/mol. The van der Waals surface area contributed by atoms with Crippen molar-refractivity contribution in [3.63, 3.8) is 0 Å². The fraction of sp³-hybridized carbons (Fsp3) is 0.188. The summed E-state index contributed by atoms with van der Waals surface area (Å²) in [6.07, 6.45) is 3.67. The average Bonchev–Trinajstić information content (AvgIpc) is 2.48. The normalized spacial score (nSPS) is 11.8. The van der Waals surface area contributed by atoms with Crippen LogP contribution in [0, 0.1) is 0 Å². The average molecular weight is 291 g/mol. The first kappa shape index (κ1) is 14.4. The Hall–Kier alpha value is -2.00. The standard InChI is InChI=1S/C16H15ClO3/c1-2-5-10(9-18)8-13-14(17)16(20)12-7-4-3-6-11(12)15(13)19/h3-4,6-9,19-20H,2,5H2,1H3/b10-8-. The number of aldehydes is 1. The minimum absolute atomic E-state index is 0.0288. The maximum absolute atomic E-state index is 11.0. The molecule has 0 aromatic heterocycles. The molecule has 0 spiro atoms. The number of rotatable bonds is 4. The van der Waals surface area contributed by atoms with E-state index < -0.39 is 0 Å². The summed E-state index contributed by atoms with van der Waals surface area (Å²) in [5.74, 6) is -0.119. The lowest BCUT2D eigenvalue weighted by Gasteiger charge is -2.11. The topological polar surface area (TPSA) is 57.5 Å². The van der Waals surface area contributed by atoms with Crippen molar-refractivity contribution in [2.75, 3.05) is 0 Å². The van der Waals surface area contributed by atoms with Gasteiger partial charge < -0.3 is 10.2 Å². The van der Waals surface area contributed by atoms with Crippen molar-refractivity contribution in [2.24, 2.45) is 0 Å². The van der Waals surface area contributed by atoms with Gasteiger partial charge in [0.25, 0.3) is 0 Å². The van der Waals surface area contributed by atoms with Gasteiger partial charge in [-0.1, -0.05) is 49.2 Å². The molecule has 0 fully saturated rings. The van der Waals surface area contributed by atoms with Gasteiger partial charge in [-0.2, -0.15) is 0 Å². The fourth-order valence-corrected chi connectivity index (χ4v) is 2.41. The number of benzene rings is 2. The first-order valence-corrected chi connectivity index (χ1v) is 6.75. The Balaban J connectivity index is 2.74. The number of phenols is 2. The third-order valence-electron chi connectivity index (χ3n) is 3.16. The summed E-state index contributed by atoms with van der Waals surface area (Å²) >= 11 is 6.11. The van der Waals surface area contributed by atoms with Crippen LogP contribution in [-0.2, 0) is 4.79 Å². The highest BCUT2D eigenvalue weighted by atomic mass is 35.5. The molecule has 0 aliphatic heterocycles. The number of fused-ring (bicyclic) bond motifs is 1. The third kappa shape index (κ3) is 2.49. The highest BCUT2D eigenvalue weighted by Crippen LogP contribution is 2.43. The van der Waals surface area contributed by atoms with Crippen LogP contribution in [0.2, 0.25) is 5.02 Å². The Bertz CT molecular complexity index is 690. The van der Waals surface area contributed by atoms with Crippen molar-refractivity contribution < 1.29 is 15.0 Å². The van der Waals surface area contributed by atoms with E-state index >= 15 is 0 Å². The van der Waals surface area contributed by atoms with E-state index in [1.165, 1.54) is 6.08 Å². The van der Waals surface area contributed by atoms with Crippen LogP contribution >= 0.6 is 11.6 Å². The number of halogens is 1. The van der Waals surface area contributed by atoms with Gasteiger partial charge in [0.1, 0.15) is 17.8 Å². The maximum Gasteiger partial charge on any atom is 0.146 e. The Morgan fingerprint density at radius 2 is 1.80 bits per heavy atom. The zero-order valence-corrected chi connectivity index (χ0v) is 11.8. The fourth-order valence-electron chi connectivity index (χ4n) is 2.16. The summed E-state index contributed by atoms with van der Waals surface area (Å²) in [7, 11) is 0. The van der Waals surface area contributed by atoms with E-state index in [4.69, 9.17) is 11.6 Å². The summed E-state index contributed by atoms with van der Waals surface area (Å²) in [5, 5.41) is 21.5. The van der Waals surface area contributed by atoms with Gasteiger partial charge in [0.15, 0.2) is 0 Å². The molecule has 0 atom stereocenters. The van der Waals surface area contributed by atoms with Crippen LogP contribution in [0.5, 0.6) is 11.5 Å². The van der Waals surface area contributed by atoms with Gasteiger partial charge in [-0.05, 0) is 18.1 Å². The van der Waals surface area contributed by atoms with Gasteiger partial charge in [-0.3, -0.25) is 4.79 Å². The van der Waals surface area contributed by atoms with Gasteiger partial charge in [0.2, 0.25) is 0 Å². The molecular formula is C16H15ClO3. The molecule has 20 heavy (non-hydrogen) atoms. The van der Waals surface area contributed by atoms with Crippen molar-refractivity contribution in [3.8, 4) is 11.5 Å². The smallest absolute Gasteiger partial charge is 0.146 e. The Labute approximate surface area is 122 Å². The lowest BCUT2D eigenvalue weighted by Crippen LogP contribution is -1.88. The molecule has 104 valence electrons. The van der Waals surface area contributed by atoms with Crippen LogP contribution in [-0.4, -0.2) is 16.5 Å². The molecule has 0 heterocycles. The zero-order chi connectivity index (χ0) is 14.7. The highest BCUT2D eigenvalue weighted by molar-refractivity contribution is 6.35. The monoisotopic (exact) mass is 290 g/mol. The summed E-state index contributed by atoms with van der Waals surface area (Å²) < 4.78 is 0. The summed E-state index contributed by atoms with van der Waals surface area (Å²) in [6.45, 7) is 1.96. The number of allylic oxidation sites excluding steroid dienone is 1. The number of hydrogen-bond donors (Lipinski definition) is 2. The van der Waals surface area contributed by atoms with E-state index in [-0.39, 0.29) is 22.1 Å². The predicted octanol–water partition coefficient (Wildman–Crippen LogP) is 4.29. The third-order valence-corrected chi connectivity index (χ3v) is 3.54. The molecule has 0 bridgehead atoms. The van der Waals surface area contributed by atoms with Crippen molar-refractivity contribution in [1.29, 1.82) is 0 Å². The molecule has 2 aromatic rings. The van der Waals surface area contributed by atoms with Gasteiger partial charge >= 0.3 is 0 Å². The van der Waals surface area contributed by atoms with Gasteiger partial charge in [0, 0.05) is 16.3 Å². The molecule has 2 rings (SSSR count). The zero-order valence-electron chi connectivity index (χ0n) is 11.1. The molecule has 0 radical (unpaired) electrons. The van der Waals surface area contributed by atoms with Crippen molar-refractivity contribution in [1.82, 2.24) is 0 Å². The summed E-state index contributed by atoms with van der Waals surface area (Å²) in [6, 6.07) is 6.88. The molecule has 2 aromatic carbocycles. The molecule has 0 aliphatic rings. The number of phenolic OH excluding ortho intramolecular Hbond substituents is 2. The molecular weight excluding hydrogens is 276 g/mol. The second-order valence-electron chi connectivity index (χ2n) is 4.56. The van der Waals surface area contributed by atoms with Gasteiger partial charge in [-0.25, -0.2) is 0 Å². The van der Waals surface area contributed by atoms with Crippen LogP contribution in [0.4, 0.5) is 0 Å². The SMILES string of the molecule is CCC/C(C=O)=C/c1c(Cl)c(O)c2ccccc2c1O. The molecule has 0 amide bonds. The molecule has 3 nitrogen and oxygen atoms in total. The highest BCUT2D eigenvalue weighted by Gasteiger charge is 2.16. The molecule has 0 aliphatic carbocycles. The minimum atomic E-state index is -0.0898. The number of aromatic hydroxyl groups is 2. The lowest BCUT2D eigenvalue weighted by molar-refractivity contribution is -0.105. The molecule has 0 saturated heterocycles. The minimum Gasteiger partial charge on any atom is -0.507 e.